The van der Waals surface area contributed by atoms with Gasteiger partial charge in [0.15, 0.2) is 11.5 Å². The van der Waals surface area contributed by atoms with Crippen LogP contribution in [0.2, 0.25) is 0 Å². The molecular weight excluding hydrogens is 396 g/mol. The number of nitrogens with one attached hydrogen (secondary N) is 1. The van der Waals surface area contributed by atoms with Crippen molar-refractivity contribution in [1.82, 2.24) is 9.62 Å². The van der Waals surface area contributed by atoms with Crippen LogP contribution in [-0.4, -0.2) is 51.7 Å². The predicted octanol–water partition coefficient (Wildman–Crippen LogP) is 1.51. The Balaban J connectivity index is 1.34. The van der Waals surface area contributed by atoms with Crippen molar-refractivity contribution < 1.29 is 27.4 Å². The van der Waals surface area contributed by atoms with E-state index < -0.39 is 10.0 Å². The van der Waals surface area contributed by atoms with Crippen molar-refractivity contribution in [3.05, 3.63) is 59.2 Å². The van der Waals surface area contributed by atoms with Gasteiger partial charge in [-0.1, -0.05) is 18.2 Å². The number of carbonyl (C=O) groups is 1. The molecule has 0 spiro atoms. The van der Waals surface area contributed by atoms with Gasteiger partial charge in [-0.05, 0) is 35.4 Å². The van der Waals surface area contributed by atoms with Gasteiger partial charge in [-0.3, -0.25) is 4.79 Å². The van der Waals surface area contributed by atoms with E-state index in [-0.39, 0.29) is 18.5 Å². The topological polar surface area (TPSA) is 94.2 Å². The molecule has 0 bridgehead atoms. The lowest BCUT2D eigenvalue weighted by Crippen LogP contribution is -2.41. The predicted molar refractivity (Wildman–Crippen MR) is 105 cm³/mol. The monoisotopic (exact) mass is 418 g/mol. The highest BCUT2D eigenvalue weighted by Gasteiger charge is 2.24. The van der Waals surface area contributed by atoms with Gasteiger partial charge in [0.2, 0.25) is 16.8 Å². The molecule has 2 aromatic carbocycles. The van der Waals surface area contributed by atoms with Gasteiger partial charge in [-0.15, -0.1) is 0 Å². The minimum Gasteiger partial charge on any atom is -0.454 e. The minimum atomic E-state index is -3.39. The smallest absolute Gasteiger partial charge is 0.251 e. The number of benzene rings is 2. The zero-order valence-corrected chi connectivity index (χ0v) is 16.6. The Morgan fingerprint density at radius 1 is 0.966 bits per heavy atom. The molecule has 2 aromatic rings. The third kappa shape index (κ3) is 4.69. The normalized spacial score (nSPS) is 16.6. The number of rotatable bonds is 6. The summed E-state index contributed by atoms with van der Waals surface area (Å²) in [6, 6.07) is 12.1. The molecule has 0 aromatic heterocycles. The van der Waals surface area contributed by atoms with Crippen molar-refractivity contribution in [2.45, 2.75) is 12.3 Å². The number of nitrogens with zero attached hydrogens (tertiary/aromatic N) is 1. The molecule has 1 N–H and O–H groups in total. The molecule has 8 nitrogen and oxygen atoms in total. The van der Waals surface area contributed by atoms with Crippen molar-refractivity contribution >= 4 is 15.9 Å². The molecule has 0 atom stereocenters. The number of hydrogen-bond acceptors (Lipinski definition) is 6. The third-order valence-electron chi connectivity index (χ3n) is 4.82. The largest absolute Gasteiger partial charge is 0.454 e. The highest BCUT2D eigenvalue weighted by Crippen LogP contribution is 2.32. The molecule has 0 radical (unpaired) electrons. The van der Waals surface area contributed by atoms with Crippen LogP contribution in [0.15, 0.2) is 42.5 Å². The molecule has 1 saturated heterocycles. The standard InChI is InChI=1S/C20H22N2O6S/c23-20(21-12-16-3-6-18-19(11-16)28-14-27-18)17-4-1-15(2-5-17)13-29(24,25)22-7-9-26-10-8-22/h1-6,11H,7-10,12-14H2,(H,21,23). The summed E-state index contributed by atoms with van der Waals surface area (Å²) in [5, 5.41) is 2.85. The van der Waals surface area contributed by atoms with Gasteiger partial charge in [-0.25, -0.2) is 8.42 Å². The van der Waals surface area contributed by atoms with Crippen LogP contribution in [-0.2, 0) is 27.1 Å². The Bertz CT molecular complexity index is 985. The van der Waals surface area contributed by atoms with Gasteiger partial charge in [0, 0.05) is 25.2 Å². The zero-order chi connectivity index (χ0) is 20.3. The van der Waals surface area contributed by atoms with Gasteiger partial charge in [-0.2, -0.15) is 4.31 Å². The maximum atomic E-state index is 12.5. The van der Waals surface area contributed by atoms with Gasteiger partial charge in [0.1, 0.15) is 0 Å². The van der Waals surface area contributed by atoms with Crippen LogP contribution in [0.3, 0.4) is 0 Å². The first-order valence-electron chi connectivity index (χ1n) is 9.32. The van der Waals surface area contributed by atoms with E-state index in [9.17, 15) is 13.2 Å². The van der Waals surface area contributed by atoms with E-state index >= 15 is 0 Å². The fourth-order valence-electron chi connectivity index (χ4n) is 3.21. The second kappa shape index (κ2) is 8.40. The van der Waals surface area contributed by atoms with Gasteiger partial charge >= 0.3 is 0 Å². The SMILES string of the molecule is O=C(NCc1ccc2c(c1)OCO2)c1ccc(CS(=O)(=O)N2CCOCC2)cc1. The maximum absolute atomic E-state index is 12.5. The van der Waals surface area contributed by atoms with E-state index in [0.717, 1.165) is 5.56 Å². The highest BCUT2D eigenvalue weighted by atomic mass is 32.2. The summed E-state index contributed by atoms with van der Waals surface area (Å²) in [7, 11) is -3.39. The molecule has 0 unspecified atom stereocenters. The number of amides is 1. The van der Waals surface area contributed by atoms with Crippen LogP contribution in [0.5, 0.6) is 11.5 Å². The Labute approximate surface area is 169 Å². The van der Waals surface area contributed by atoms with Crippen LogP contribution in [0, 0.1) is 0 Å². The number of morpholine rings is 1. The molecule has 1 amide bonds. The van der Waals surface area contributed by atoms with Crippen LogP contribution < -0.4 is 14.8 Å². The van der Waals surface area contributed by atoms with Crippen molar-refractivity contribution in [2.24, 2.45) is 0 Å². The van der Waals surface area contributed by atoms with Crippen LogP contribution in [0.25, 0.3) is 0 Å². The van der Waals surface area contributed by atoms with Crippen LogP contribution in [0.1, 0.15) is 21.5 Å². The number of hydrogen-bond donors (Lipinski definition) is 1. The molecule has 0 saturated carbocycles. The molecule has 2 heterocycles. The fraction of sp³-hybridized carbons (Fsp3) is 0.350. The lowest BCUT2D eigenvalue weighted by Gasteiger charge is -2.26. The number of carbonyl (C=O) groups excluding carboxylic acids is 1. The highest BCUT2D eigenvalue weighted by molar-refractivity contribution is 7.88. The van der Waals surface area contributed by atoms with E-state index in [0.29, 0.717) is 55.5 Å². The summed E-state index contributed by atoms with van der Waals surface area (Å²) < 4.78 is 42.2. The summed E-state index contributed by atoms with van der Waals surface area (Å²) in [6.45, 7) is 2.15. The molecule has 1 fully saturated rings. The second-order valence-corrected chi connectivity index (χ2v) is 8.80. The molecule has 29 heavy (non-hydrogen) atoms. The number of ether oxygens (including phenoxy) is 3. The van der Waals surface area contributed by atoms with Crippen molar-refractivity contribution in [1.29, 1.82) is 0 Å². The Kier molecular flexibility index (Phi) is 5.70. The minimum absolute atomic E-state index is 0.0912. The van der Waals surface area contributed by atoms with Gasteiger partial charge in [0.05, 0.1) is 19.0 Å². The third-order valence-corrected chi connectivity index (χ3v) is 6.67. The second-order valence-electron chi connectivity index (χ2n) is 6.83. The number of sulfonamides is 1. The Hall–Kier alpha value is -2.62. The molecule has 154 valence electrons. The summed E-state index contributed by atoms with van der Waals surface area (Å²) in [6.07, 6.45) is 0. The van der Waals surface area contributed by atoms with Crippen molar-refractivity contribution in [3.8, 4) is 11.5 Å². The van der Waals surface area contributed by atoms with E-state index in [1.807, 2.05) is 18.2 Å². The summed E-state index contributed by atoms with van der Waals surface area (Å²) in [4.78, 5) is 12.4. The van der Waals surface area contributed by atoms with Crippen molar-refractivity contribution in [3.63, 3.8) is 0 Å². The molecule has 4 rings (SSSR count). The average Bonchev–Trinajstić information content (AvgIpc) is 3.21. The molecule has 2 aliphatic rings. The summed E-state index contributed by atoms with van der Waals surface area (Å²) in [5.74, 6) is 1.04. The quantitative estimate of drug-likeness (QED) is 0.764. The van der Waals surface area contributed by atoms with E-state index in [1.54, 1.807) is 24.3 Å². The Morgan fingerprint density at radius 3 is 2.41 bits per heavy atom. The van der Waals surface area contributed by atoms with E-state index in [4.69, 9.17) is 14.2 Å². The lowest BCUT2D eigenvalue weighted by molar-refractivity contribution is 0.0729. The van der Waals surface area contributed by atoms with Crippen LogP contribution >= 0.6 is 0 Å². The summed E-state index contributed by atoms with van der Waals surface area (Å²) in [5.41, 5.74) is 2.01. The first kappa shape index (κ1) is 19.7. The van der Waals surface area contributed by atoms with Gasteiger partial charge < -0.3 is 19.5 Å². The number of fused-ring (bicyclic) bond motifs is 1. The lowest BCUT2D eigenvalue weighted by atomic mass is 10.1. The molecule has 9 heteroatoms. The van der Waals surface area contributed by atoms with Crippen molar-refractivity contribution in [2.75, 3.05) is 33.1 Å². The fourth-order valence-corrected chi connectivity index (χ4v) is 4.72. The first-order valence-corrected chi connectivity index (χ1v) is 10.9. The van der Waals surface area contributed by atoms with E-state index in [1.165, 1.54) is 4.31 Å². The molecule has 2 aliphatic heterocycles. The Morgan fingerprint density at radius 2 is 1.66 bits per heavy atom. The summed E-state index contributed by atoms with van der Waals surface area (Å²) >= 11 is 0. The zero-order valence-electron chi connectivity index (χ0n) is 15.8. The first-order chi connectivity index (χ1) is 14.0. The molecule has 0 aliphatic carbocycles. The maximum Gasteiger partial charge on any atom is 0.251 e. The van der Waals surface area contributed by atoms with Crippen LogP contribution in [0.4, 0.5) is 0 Å². The average molecular weight is 418 g/mol. The van der Waals surface area contributed by atoms with Gasteiger partial charge in [0.25, 0.3) is 5.91 Å². The van der Waals surface area contributed by atoms with E-state index in [2.05, 4.69) is 5.32 Å². The molecular formula is C20H22N2O6S.